The van der Waals surface area contributed by atoms with Crippen molar-refractivity contribution in [3.05, 3.63) is 29.6 Å². The van der Waals surface area contributed by atoms with Gasteiger partial charge in [-0.25, -0.2) is 13.6 Å². The molecule has 0 amide bonds. The number of nitrogens with zero attached hydrogens (tertiary/aromatic N) is 1. The van der Waals surface area contributed by atoms with Crippen molar-refractivity contribution in [1.29, 1.82) is 0 Å². The maximum atomic E-state index is 15.1. The molecule has 1 aliphatic rings. The Balaban J connectivity index is 2.45. The molecular formula is C16H21F2NO3. The Labute approximate surface area is 128 Å². The maximum absolute atomic E-state index is 15.1. The summed E-state index contributed by atoms with van der Waals surface area (Å²) in [6.07, 6.45) is 0. The van der Waals surface area contributed by atoms with Crippen LogP contribution in [0.1, 0.15) is 32.3 Å². The molecule has 1 N–H and O–H groups in total. The third-order valence-electron chi connectivity index (χ3n) is 4.26. The third-order valence-corrected chi connectivity index (χ3v) is 4.26. The molecule has 22 heavy (non-hydrogen) atoms. The number of carboxylic acid groups (broad SMARTS) is 1. The summed E-state index contributed by atoms with van der Waals surface area (Å²) in [5.74, 6) is -2.95. The molecule has 4 nitrogen and oxygen atoms in total. The van der Waals surface area contributed by atoms with Crippen LogP contribution in [0.2, 0.25) is 0 Å². The average Bonchev–Trinajstić information content (AvgIpc) is 2.78. The first-order chi connectivity index (χ1) is 10.1. The van der Waals surface area contributed by atoms with E-state index in [1.54, 1.807) is 4.90 Å². The zero-order valence-corrected chi connectivity index (χ0v) is 13.2. The molecule has 2 atom stereocenters. The fourth-order valence-corrected chi connectivity index (χ4v) is 2.81. The van der Waals surface area contributed by atoms with Gasteiger partial charge in [0.15, 0.2) is 0 Å². The monoisotopic (exact) mass is 313 g/mol. The minimum Gasteiger partial charge on any atom is -0.497 e. The lowest BCUT2D eigenvalue weighted by atomic mass is 9.86. The molecule has 1 aromatic carbocycles. The summed E-state index contributed by atoms with van der Waals surface area (Å²) >= 11 is 0. The van der Waals surface area contributed by atoms with Crippen molar-refractivity contribution in [2.45, 2.75) is 37.9 Å². The van der Waals surface area contributed by atoms with Gasteiger partial charge in [0.05, 0.1) is 7.11 Å². The predicted octanol–water partition coefficient (Wildman–Crippen LogP) is 2.82. The Bertz CT molecular complexity index is 585. The van der Waals surface area contributed by atoms with Crippen LogP contribution in [-0.4, -0.2) is 47.4 Å². The standard InChI is InChI=1S/C16H21F2NO3/c1-15(2,3)19-8-12(16(18,9-19)14(20)21)11-6-5-10(22-4)7-13(11)17/h5-7,12H,8-9H2,1-4H3,(H,20,21)/t12-,16-/m0/s1. The van der Waals surface area contributed by atoms with Crippen molar-refractivity contribution in [3.8, 4) is 5.75 Å². The van der Waals surface area contributed by atoms with Gasteiger partial charge in [-0.1, -0.05) is 6.07 Å². The molecule has 6 heteroatoms. The predicted molar refractivity (Wildman–Crippen MR) is 78.5 cm³/mol. The van der Waals surface area contributed by atoms with Crippen molar-refractivity contribution >= 4 is 5.97 Å². The van der Waals surface area contributed by atoms with Crippen LogP contribution >= 0.6 is 0 Å². The number of hydrogen-bond acceptors (Lipinski definition) is 3. The number of hydrogen-bond donors (Lipinski definition) is 1. The summed E-state index contributed by atoms with van der Waals surface area (Å²) in [7, 11) is 1.40. The first-order valence-electron chi connectivity index (χ1n) is 7.10. The lowest BCUT2D eigenvalue weighted by molar-refractivity contribution is -0.151. The number of ether oxygens (including phenoxy) is 1. The summed E-state index contributed by atoms with van der Waals surface area (Å²) < 4.78 is 34.3. The number of likely N-dealkylation sites (tertiary alicyclic amines) is 1. The first kappa shape index (κ1) is 16.7. The Kier molecular flexibility index (Phi) is 4.17. The van der Waals surface area contributed by atoms with Gasteiger partial charge < -0.3 is 9.84 Å². The molecule has 1 saturated heterocycles. The van der Waals surface area contributed by atoms with Crippen LogP contribution in [0.3, 0.4) is 0 Å². The molecule has 0 aromatic heterocycles. The van der Waals surface area contributed by atoms with E-state index in [0.29, 0.717) is 5.75 Å². The van der Waals surface area contributed by atoms with Crippen LogP contribution in [0.4, 0.5) is 8.78 Å². The number of methoxy groups -OCH3 is 1. The minimum atomic E-state index is -2.51. The summed E-state index contributed by atoms with van der Waals surface area (Å²) in [6, 6.07) is 4.07. The van der Waals surface area contributed by atoms with Crippen LogP contribution in [0, 0.1) is 5.82 Å². The number of carboxylic acids is 1. The summed E-state index contributed by atoms with van der Waals surface area (Å²) in [5.41, 5.74) is -2.84. The quantitative estimate of drug-likeness (QED) is 0.932. The van der Waals surface area contributed by atoms with E-state index < -0.39 is 28.9 Å². The smallest absolute Gasteiger partial charge is 0.343 e. The second-order valence-corrected chi connectivity index (χ2v) is 6.66. The Morgan fingerprint density at radius 1 is 1.45 bits per heavy atom. The van der Waals surface area contributed by atoms with Gasteiger partial charge in [0.1, 0.15) is 11.6 Å². The molecule has 0 aliphatic carbocycles. The van der Waals surface area contributed by atoms with Crippen LogP contribution in [0.15, 0.2) is 18.2 Å². The highest BCUT2D eigenvalue weighted by Gasteiger charge is 2.56. The molecule has 0 saturated carbocycles. The van der Waals surface area contributed by atoms with Gasteiger partial charge in [-0.2, -0.15) is 0 Å². The number of aliphatic carboxylic acids is 1. The highest BCUT2D eigenvalue weighted by atomic mass is 19.1. The third kappa shape index (κ3) is 2.79. The molecule has 0 bridgehead atoms. The molecular weight excluding hydrogens is 292 g/mol. The van der Waals surface area contributed by atoms with E-state index in [1.807, 2.05) is 20.8 Å². The van der Waals surface area contributed by atoms with Gasteiger partial charge in [-0.15, -0.1) is 0 Å². The fourth-order valence-electron chi connectivity index (χ4n) is 2.81. The highest BCUT2D eigenvalue weighted by Crippen LogP contribution is 2.43. The number of halogens is 2. The Morgan fingerprint density at radius 2 is 2.09 bits per heavy atom. The highest BCUT2D eigenvalue weighted by molar-refractivity contribution is 5.80. The van der Waals surface area contributed by atoms with Gasteiger partial charge in [0.2, 0.25) is 5.67 Å². The molecule has 1 aliphatic heterocycles. The lowest BCUT2D eigenvalue weighted by Crippen LogP contribution is -2.45. The number of alkyl halides is 1. The number of rotatable bonds is 3. The summed E-state index contributed by atoms with van der Waals surface area (Å²) in [6.45, 7) is 5.52. The molecule has 0 unspecified atom stereocenters. The van der Waals surface area contributed by atoms with Gasteiger partial charge in [-0.05, 0) is 32.4 Å². The second-order valence-electron chi connectivity index (χ2n) is 6.66. The molecule has 0 radical (unpaired) electrons. The van der Waals surface area contributed by atoms with Crippen molar-refractivity contribution in [2.24, 2.45) is 0 Å². The molecule has 2 rings (SSSR count). The molecule has 1 fully saturated rings. The fraction of sp³-hybridized carbons (Fsp3) is 0.562. The SMILES string of the molecule is COc1ccc([C@@H]2CN(C(C)(C)C)C[C@@]2(F)C(=O)O)c(F)c1. The number of carbonyl (C=O) groups is 1. The van der Waals surface area contributed by atoms with Gasteiger partial charge in [0.25, 0.3) is 0 Å². The maximum Gasteiger partial charge on any atom is 0.343 e. The van der Waals surface area contributed by atoms with E-state index in [9.17, 15) is 14.3 Å². The Morgan fingerprint density at radius 3 is 2.55 bits per heavy atom. The largest absolute Gasteiger partial charge is 0.497 e. The normalized spacial score (nSPS) is 26.2. The topological polar surface area (TPSA) is 49.8 Å². The van der Waals surface area contributed by atoms with Crippen molar-refractivity contribution in [3.63, 3.8) is 0 Å². The average molecular weight is 313 g/mol. The molecule has 1 heterocycles. The summed E-state index contributed by atoms with van der Waals surface area (Å²) in [5, 5.41) is 9.33. The first-order valence-corrected chi connectivity index (χ1v) is 7.10. The van der Waals surface area contributed by atoms with E-state index in [0.717, 1.165) is 6.07 Å². The zero-order valence-electron chi connectivity index (χ0n) is 13.2. The van der Waals surface area contributed by atoms with E-state index in [-0.39, 0.29) is 18.7 Å². The molecule has 1 aromatic rings. The molecule has 122 valence electrons. The van der Waals surface area contributed by atoms with Crippen molar-refractivity contribution in [2.75, 3.05) is 20.2 Å². The van der Waals surface area contributed by atoms with Gasteiger partial charge in [0, 0.05) is 30.6 Å². The second kappa shape index (κ2) is 5.50. The van der Waals surface area contributed by atoms with Crippen LogP contribution < -0.4 is 4.74 Å². The van der Waals surface area contributed by atoms with Crippen LogP contribution in [-0.2, 0) is 4.79 Å². The summed E-state index contributed by atoms with van der Waals surface area (Å²) in [4.78, 5) is 13.2. The van der Waals surface area contributed by atoms with E-state index >= 15 is 4.39 Å². The minimum absolute atomic E-state index is 0.0671. The Hall–Kier alpha value is -1.69. The van der Waals surface area contributed by atoms with Crippen molar-refractivity contribution < 1.29 is 23.4 Å². The van der Waals surface area contributed by atoms with Crippen molar-refractivity contribution in [1.82, 2.24) is 4.90 Å². The van der Waals surface area contributed by atoms with Gasteiger partial charge in [-0.3, -0.25) is 4.90 Å². The van der Waals surface area contributed by atoms with Crippen LogP contribution in [0.25, 0.3) is 0 Å². The van der Waals surface area contributed by atoms with E-state index in [4.69, 9.17) is 4.74 Å². The van der Waals surface area contributed by atoms with Gasteiger partial charge >= 0.3 is 5.97 Å². The number of benzene rings is 1. The van der Waals surface area contributed by atoms with E-state index in [1.165, 1.54) is 19.2 Å². The van der Waals surface area contributed by atoms with Crippen LogP contribution in [0.5, 0.6) is 5.75 Å². The lowest BCUT2D eigenvalue weighted by Gasteiger charge is -2.31. The van der Waals surface area contributed by atoms with E-state index in [2.05, 4.69) is 0 Å². The molecule has 0 spiro atoms. The zero-order chi connectivity index (χ0) is 16.7.